The summed E-state index contributed by atoms with van der Waals surface area (Å²) < 4.78 is 7.19. The van der Waals surface area contributed by atoms with Crippen LogP contribution in [0, 0.1) is 5.41 Å². The largest absolute Gasteiger partial charge is 0.477 e. The lowest BCUT2D eigenvalue weighted by Gasteiger charge is -2.10. The highest BCUT2D eigenvalue weighted by atomic mass is 16.5. The molecular formula is C17H24N4O2. The zero-order valence-electron chi connectivity index (χ0n) is 14.0. The molecule has 0 saturated heterocycles. The van der Waals surface area contributed by atoms with Crippen molar-refractivity contribution in [2.75, 3.05) is 20.3 Å². The van der Waals surface area contributed by atoms with Crippen LogP contribution in [0.2, 0.25) is 0 Å². The first-order valence-electron chi connectivity index (χ1n) is 7.28. The Balaban J connectivity index is 3.15. The fraction of sp³-hybridized carbons (Fsp3) is 0.353. The van der Waals surface area contributed by atoms with Crippen LogP contribution in [-0.2, 0) is 7.05 Å². The summed E-state index contributed by atoms with van der Waals surface area (Å²) in [6.07, 6.45) is 5.42. The Morgan fingerprint density at radius 1 is 1.57 bits per heavy atom. The Morgan fingerprint density at radius 2 is 2.26 bits per heavy atom. The number of allylic oxidation sites excluding steroid dienone is 4. The van der Waals surface area contributed by atoms with Crippen molar-refractivity contribution in [1.82, 2.24) is 9.78 Å². The van der Waals surface area contributed by atoms with Crippen molar-refractivity contribution < 1.29 is 9.84 Å². The number of nitrogens with zero attached hydrogens (tertiary/aromatic N) is 3. The first kappa shape index (κ1) is 18.6. The van der Waals surface area contributed by atoms with Gasteiger partial charge in [0.15, 0.2) is 0 Å². The number of rotatable bonds is 9. The van der Waals surface area contributed by atoms with Gasteiger partial charge < -0.3 is 9.84 Å². The van der Waals surface area contributed by atoms with Crippen molar-refractivity contribution in [3.63, 3.8) is 0 Å². The standard InChI is InChI=1S/C17H24N4O2/c1-6-16(19-4)13(12(2)3)10-15(18)14-11-20-21(5)17(14)23-9-7-8-22/h6,10-11,18,22H,1-2,7-9H2,3-5H3/b13-10+,18-15?,19-16?. The van der Waals surface area contributed by atoms with Gasteiger partial charge in [-0.1, -0.05) is 13.2 Å². The van der Waals surface area contributed by atoms with E-state index in [0.29, 0.717) is 30.2 Å². The van der Waals surface area contributed by atoms with Crippen LogP contribution in [0.3, 0.4) is 0 Å². The fourth-order valence-electron chi connectivity index (χ4n) is 1.98. The molecule has 1 aromatic rings. The third-order valence-electron chi connectivity index (χ3n) is 3.17. The van der Waals surface area contributed by atoms with E-state index in [-0.39, 0.29) is 12.3 Å². The van der Waals surface area contributed by atoms with Gasteiger partial charge in [-0.3, -0.25) is 10.4 Å². The molecule has 1 heterocycles. The highest BCUT2D eigenvalue weighted by Gasteiger charge is 2.15. The van der Waals surface area contributed by atoms with Crippen LogP contribution in [0.15, 0.2) is 47.6 Å². The SMILES string of the molecule is C=CC(=NC)/C(=C/C(=N)c1cnn(C)c1OCCCO)C(=C)C. The minimum atomic E-state index is 0.0556. The van der Waals surface area contributed by atoms with Crippen LogP contribution in [0.1, 0.15) is 18.9 Å². The zero-order chi connectivity index (χ0) is 17.4. The van der Waals surface area contributed by atoms with Crippen LogP contribution in [0.4, 0.5) is 0 Å². The molecule has 0 amide bonds. The van der Waals surface area contributed by atoms with Gasteiger partial charge in [0.25, 0.3) is 0 Å². The molecule has 2 N–H and O–H groups in total. The number of aliphatic hydroxyl groups is 1. The van der Waals surface area contributed by atoms with Crippen LogP contribution < -0.4 is 4.74 Å². The number of nitrogens with one attached hydrogen (secondary N) is 1. The van der Waals surface area contributed by atoms with E-state index in [0.717, 1.165) is 11.1 Å². The predicted molar refractivity (Wildman–Crippen MR) is 93.7 cm³/mol. The van der Waals surface area contributed by atoms with Gasteiger partial charge in [-0.15, -0.1) is 0 Å². The number of hydrogen-bond donors (Lipinski definition) is 2. The highest BCUT2D eigenvalue weighted by Crippen LogP contribution is 2.20. The molecule has 124 valence electrons. The van der Waals surface area contributed by atoms with Gasteiger partial charge in [-0.25, -0.2) is 4.68 Å². The van der Waals surface area contributed by atoms with Crippen LogP contribution >= 0.6 is 0 Å². The quantitative estimate of drug-likeness (QED) is 0.416. The molecular weight excluding hydrogens is 292 g/mol. The maximum Gasteiger partial charge on any atom is 0.221 e. The summed E-state index contributed by atoms with van der Waals surface area (Å²) in [5, 5.41) is 21.3. The van der Waals surface area contributed by atoms with E-state index in [1.165, 1.54) is 0 Å². The molecule has 1 rings (SSSR count). The van der Waals surface area contributed by atoms with Crippen molar-refractivity contribution in [3.8, 4) is 5.88 Å². The summed E-state index contributed by atoms with van der Waals surface area (Å²) >= 11 is 0. The fourth-order valence-corrected chi connectivity index (χ4v) is 1.98. The molecule has 0 aromatic carbocycles. The molecule has 0 unspecified atom stereocenters. The number of aryl methyl sites for hydroxylation is 1. The minimum absolute atomic E-state index is 0.0556. The van der Waals surface area contributed by atoms with Gasteiger partial charge in [0, 0.05) is 32.7 Å². The summed E-state index contributed by atoms with van der Waals surface area (Å²) in [4.78, 5) is 4.16. The van der Waals surface area contributed by atoms with Gasteiger partial charge in [0.1, 0.15) is 0 Å². The second-order valence-corrected chi connectivity index (χ2v) is 4.98. The summed E-state index contributed by atoms with van der Waals surface area (Å²) in [6.45, 7) is 9.95. The molecule has 0 radical (unpaired) electrons. The first-order chi connectivity index (χ1) is 11.0. The normalized spacial score (nSPS) is 12.2. The van der Waals surface area contributed by atoms with Crippen molar-refractivity contribution in [2.45, 2.75) is 13.3 Å². The maximum atomic E-state index is 8.85. The van der Waals surface area contributed by atoms with Crippen molar-refractivity contribution in [3.05, 3.63) is 48.2 Å². The van der Waals surface area contributed by atoms with E-state index >= 15 is 0 Å². The maximum absolute atomic E-state index is 8.85. The second-order valence-electron chi connectivity index (χ2n) is 4.98. The average Bonchev–Trinajstić information content (AvgIpc) is 2.88. The topological polar surface area (TPSA) is 83.5 Å². The Hall–Kier alpha value is -2.47. The monoisotopic (exact) mass is 316 g/mol. The lowest BCUT2D eigenvalue weighted by atomic mass is 10.00. The molecule has 0 bridgehead atoms. The lowest BCUT2D eigenvalue weighted by Crippen LogP contribution is -2.09. The van der Waals surface area contributed by atoms with Crippen LogP contribution in [0.25, 0.3) is 0 Å². The third kappa shape index (κ3) is 4.75. The van der Waals surface area contributed by atoms with Gasteiger partial charge in [0.2, 0.25) is 5.88 Å². The number of ether oxygens (including phenoxy) is 1. The molecule has 23 heavy (non-hydrogen) atoms. The van der Waals surface area contributed by atoms with Gasteiger partial charge in [-0.05, 0) is 24.6 Å². The van der Waals surface area contributed by atoms with Crippen molar-refractivity contribution >= 4 is 11.4 Å². The molecule has 0 spiro atoms. The molecule has 0 aliphatic rings. The molecule has 0 aliphatic heterocycles. The molecule has 0 fully saturated rings. The average molecular weight is 316 g/mol. The number of aliphatic imine (C=N–C) groups is 1. The summed E-state index contributed by atoms with van der Waals surface area (Å²) in [5.41, 5.74) is 3.04. The van der Waals surface area contributed by atoms with Crippen molar-refractivity contribution in [2.24, 2.45) is 12.0 Å². The molecule has 6 heteroatoms. The third-order valence-corrected chi connectivity index (χ3v) is 3.17. The molecule has 0 atom stereocenters. The Kier molecular flexibility index (Phi) is 7.15. The summed E-state index contributed by atoms with van der Waals surface area (Å²) in [7, 11) is 3.42. The first-order valence-corrected chi connectivity index (χ1v) is 7.28. The number of aliphatic hydroxyl groups excluding tert-OH is 1. The lowest BCUT2D eigenvalue weighted by molar-refractivity contribution is 0.223. The van der Waals surface area contributed by atoms with Gasteiger partial charge in [0.05, 0.1) is 29.8 Å². The Labute approximate surface area is 137 Å². The minimum Gasteiger partial charge on any atom is -0.477 e. The summed E-state index contributed by atoms with van der Waals surface area (Å²) in [5.74, 6) is 0.495. The molecule has 0 saturated carbocycles. The number of aromatic nitrogens is 2. The van der Waals surface area contributed by atoms with E-state index in [2.05, 4.69) is 23.2 Å². The van der Waals surface area contributed by atoms with Gasteiger partial charge >= 0.3 is 0 Å². The second kappa shape index (κ2) is 8.85. The Morgan fingerprint density at radius 3 is 2.78 bits per heavy atom. The molecule has 0 aliphatic carbocycles. The van der Waals surface area contributed by atoms with E-state index in [4.69, 9.17) is 15.3 Å². The summed E-state index contributed by atoms with van der Waals surface area (Å²) in [6, 6.07) is 0. The van der Waals surface area contributed by atoms with Crippen LogP contribution in [0.5, 0.6) is 5.88 Å². The molecule has 6 nitrogen and oxygen atoms in total. The van der Waals surface area contributed by atoms with E-state index in [9.17, 15) is 0 Å². The van der Waals surface area contributed by atoms with E-state index in [1.807, 2.05) is 6.92 Å². The van der Waals surface area contributed by atoms with Gasteiger partial charge in [-0.2, -0.15) is 5.10 Å². The Bertz CT molecular complexity index is 654. The predicted octanol–water partition coefficient (Wildman–Crippen LogP) is 2.31. The number of hydrogen-bond acceptors (Lipinski definition) is 5. The molecule has 1 aromatic heterocycles. The zero-order valence-corrected chi connectivity index (χ0v) is 14.0. The van der Waals surface area contributed by atoms with E-state index in [1.54, 1.807) is 37.1 Å². The smallest absolute Gasteiger partial charge is 0.221 e. The van der Waals surface area contributed by atoms with Crippen molar-refractivity contribution in [1.29, 1.82) is 5.41 Å². The highest BCUT2D eigenvalue weighted by molar-refractivity contribution is 6.18. The van der Waals surface area contributed by atoms with Crippen LogP contribution in [-0.4, -0.2) is 46.6 Å². The van der Waals surface area contributed by atoms with E-state index < -0.39 is 0 Å².